The standard InChI is InChI=1S/C26H29N3O2/c1-4-29(22-13-6-5-7-14-22)26(31)20-11-10-12-21(17-20)28-25(30)18-27-24-16-9-8-15-23(24)19(2)3/h5-17,19,27H,4,18H2,1-3H3,(H,28,30). The average Bonchev–Trinajstić information content (AvgIpc) is 2.79. The van der Waals surface area contributed by atoms with Gasteiger partial charge in [0.2, 0.25) is 5.91 Å². The van der Waals surface area contributed by atoms with Crippen LogP contribution < -0.4 is 15.5 Å². The molecule has 160 valence electrons. The van der Waals surface area contributed by atoms with Crippen LogP contribution >= 0.6 is 0 Å². The maximum atomic E-state index is 13.0. The first-order valence-electron chi connectivity index (χ1n) is 10.6. The van der Waals surface area contributed by atoms with Crippen LogP contribution in [0.5, 0.6) is 0 Å². The second kappa shape index (κ2) is 10.4. The molecule has 3 aromatic rings. The molecule has 0 heterocycles. The van der Waals surface area contributed by atoms with Crippen molar-refractivity contribution < 1.29 is 9.59 Å². The normalized spacial score (nSPS) is 10.6. The zero-order valence-corrected chi connectivity index (χ0v) is 18.3. The Kier molecular flexibility index (Phi) is 7.44. The lowest BCUT2D eigenvalue weighted by atomic mass is 10.0. The Balaban J connectivity index is 1.66. The topological polar surface area (TPSA) is 61.4 Å². The Morgan fingerprint density at radius 2 is 1.61 bits per heavy atom. The van der Waals surface area contributed by atoms with Gasteiger partial charge >= 0.3 is 0 Å². The molecule has 0 unspecified atom stereocenters. The van der Waals surface area contributed by atoms with Crippen LogP contribution in [0.15, 0.2) is 78.9 Å². The van der Waals surface area contributed by atoms with Gasteiger partial charge in [-0.15, -0.1) is 0 Å². The number of hydrogen-bond donors (Lipinski definition) is 2. The van der Waals surface area contributed by atoms with Crippen molar-refractivity contribution in [2.75, 3.05) is 28.6 Å². The van der Waals surface area contributed by atoms with Crippen molar-refractivity contribution in [3.63, 3.8) is 0 Å². The molecule has 0 aliphatic rings. The van der Waals surface area contributed by atoms with Crippen LogP contribution in [0.3, 0.4) is 0 Å². The lowest BCUT2D eigenvalue weighted by molar-refractivity contribution is -0.114. The highest BCUT2D eigenvalue weighted by Gasteiger charge is 2.16. The Bertz CT molecular complexity index is 1030. The molecule has 0 radical (unpaired) electrons. The minimum atomic E-state index is -0.168. The average molecular weight is 416 g/mol. The third-order valence-corrected chi connectivity index (χ3v) is 5.04. The van der Waals surface area contributed by atoms with Crippen molar-refractivity contribution in [1.82, 2.24) is 0 Å². The van der Waals surface area contributed by atoms with E-state index in [0.717, 1.165) is 11.4 Å². The van der Waals surface area contributed by atoms with E-state index in [9.17, 15) is 9.59 Å². The third-order valence-electron chi connectivity index (χ3n) is 5.04. The number of rotatable bonds is 8. The molecule has 0 bridgehead atoms. The number of carbonyl (C=O) groups is 2. The molecule has 3 aromatic carbocycles. The molecular formula is C26H29N3O2. The fraction of sp³-hybridized carbons (Fsp3) is 0.231. The summed E-state index contributed by atoms with van der Waals surface area (Å²) in [6.07, 6.45) is 0. The molecule has 5 nitrogen and oxygen atoms in total. The van der Waals surface area contributed by atoms with Gasteiger partial charge in [0.05, 0.1) is 6.54 Å². The molecule has 0 fully saturated rings. The van der Waals surface area contributed by atoms with Crippen LogP contribution in [0, 0.1) is 0 Å². The predicted octanol–water partition coefficient (Wildman–Crippen LogP) is 5.53. The van der Waals surface area contributed by atoms with E-state index < -0.39 is 0 Å². The summed E-state index contributed by atoms with van der Waals surface area (Å²) < 4.78 is 0. The van der Waals surface area contributed by atoms with Gasteiger partial charge in [-0.3, -0.25) is 9.59 Å². The highest BCUT2D eigenvalue weighted by atomic mass is 16.2. The minimum absolute atomic E-state index is 0.103. The summed E-state index contributed by atoms with van der Waals surface area (Å²) in [6, 6.07) is 24.6. The predicted molar refractivity (Wildman–Crippen MR) is 128 cm³/mol. The molecule has 0 aliphatic heterocycles. The lowest BCUT2D eigenvalue weighted by Crippen LogP contribution is -2.30. The SMILES string of the molecule is CCN(C(=O)c1cccc(NC(=O)CNc2ccccc2C(C)C)c1)c1ccccc1. The summed E-state index contributed by atoms with van der Waals surface area (Å²) in [5, 5.41) is 6.09. The zero-order chi connectivity index (χ0) is 22.2. The Labute approximate surface area is 184 Å². The molecule has 0 saturated carbocycles. The van der Waals surface area contributed by atoms with Gasteiger partial charge in [0.25, 0.3) is 5.91 Å². The summed E-state index contributed by atoms with van der Waals surface area (Å²) in [4.78, 5) is 27.2. The highest BCUT2D eigenvalue weighted by Crippen LogP contribution is 2.23. The summed E-state index contributed by atoms with van der Waals surface area (Å²) in [7, 11) is 0. The molecule has 0 aromatic heterocycles. The van der Waals surface area contributed by atoms with E-state index in [-0.39, 0.29) is 18.4 Å². The van der Waals surface area contributed by atoms with Crippen LogP contribution in [0.2, 0.25) is 0 Å². The van der Waals surface area contributed by atoms with Crippen LogP contribution in [-0.2, 0) is 4.79 Å². The van der Waals surface area contributed by atoms with Gasteiger partial charge in [-0.2, -0.15) is 0 Å². The molecule has 0 aliphatic carbocycles. The van der Waals surface area contributed by atoms with Crippen LogP contribution in [0.1, 0.15) is 42.6 Å². The Hall–Kier alpha value is -3.60. The molecule has 0 spiro atoms. The van der Waals surface area contributed by atoms with Crippen LogP contribution in [-0.4, -0.2) is 24.9 Å². The molecule has 0 saturated heterocycles. The van der Waals surface area contributed by atoms with Gasteiger partial charge in [-0.25, -0.2) is 0 Å². The van der Waals surface area contributed by atoms with Crippen LogP contribution in [0.4, 0.5) is 17.1 Å². The first-order chi connectivity index (χ1) is 15.0. The van der Waals surface area contributed by atoms with Gasteiger partial charge in [0.1, 0.15) is 0 Å². The van der Waals surface area contributed by atoms with E-state index in [1.165, 1.54) is 5.56 Å². The molecule has 2 N–H and O–H groups in total. The van der Waals surface area contributed by atoms with Gasteiger partial charge in [0.15, 0.2) is 0 Å². The van der Waals surface area contributed by atoms with Crippen molar-refractivity contribution in [3.8, 4) is 0 Å². The van der Waals surface area contributed by atoms with Gasteiger partial charge in [-0.1, -0.05) is 56.3 Å². The van der Waals surface area contributed by atoms with E-state index in [1.807, 2.05) is 55.5 Å². The molecule has 3 rings (SSSR count). The van der Waals surface area contributed by atoms with E-state index in [0.29, 0.717) is 23.7 Å². The van der Waals surface area contributed by atoms with Gasteiger partial charge in [0, 0.05) is 29.2 Å². The number of para-hydroxylation sites is 2. The lowest BCUT2D eigenvalue weighted by Gasteiger charge is -2.21. The largest absolute Gasteiger partial charge is 0.376 e. The molecule has 2 amide bonds. The summed E-state index contributed by atoms with van der Waals surface area (Å²) in [5.74, 6) is 0.0907. The number of amides is 2. The summed E-state index contributed by atoms with van der Waals surface area (Å²) in [5.41, 5.74) is 4.10. The second-order valence-corrected chi connectivity index (χ2v) is 7.61. The van der Waals surface area contributed by atoms with E-state index in [2.05, 4.69) is 30.5 Å². The van der Waals surface area contributed by atoms with E-state index in [4.69, 9.17) is 0 Å². The van der Waals surface area contributed by atoms with Gasteiger partial charge < -0.3 is 15.5 Å². The monoisotopic (exact) mass is 415 g/mol. The third kappa shape index (κ3) is 5.72. The number of nitrogens with zero attached hydrogens (tertiary/aromatic N) is 1. The van der Waals surface area contributed by atoms with Crippen molar-refractivity contribution in [2.24, 2.45) is 0 Å². The Morgan fingerprint density at radius 1 is 0.903 bits per heavy atom. The first kappa shape index (κ1) is 22.1. The fourth-order valence-electron chi connectivity index (χ4n) is 3.48. The highest BCUT2D eigenvalue weighted by molar-refractivity contribution is 6.07. The molecular weight excluding hydrogens is 386 g/mol. The van der Waals surface area contributed by atoms with E-state index >= 15 is 0 Å². The van der Waals surface area contributed by atoms with Crippen molar-refractivity contribution >= 4 is 28.9 Å². The quantitative estimate of drug-likeness (QED) is 0.509. The number of benzene rings is 3. The van der Waals surface area contributed by atoms with Crippen molar-refractivity contribution in [3.05, 3.63) is 90.0 Å². The smallest absolute Gasteiger partial charge is 0.258 e. The fourth-order valence-corrected chi connectivity index (χ4v) is 3.48. The van der Waals surface area contributed by atoms with Gasteiger partial charge in [-0.05, 0) is 54.8 Å². The molecule has 31 heavy (non-hydrogen) atoms. The summed E-state index contributed by atoms with van der Waals surface area (Å²) in [6.45, 7) is 6.89. The number of anilines is 3. The maximum absolute atomic E-state index is 13.0. The number of hydrogen-bond acceptors (Lipinski definition) is 3. The maximum Gasteiger partial charge on any atom is 0.258 e. The summed E-state index contributed by atoms with van der Waals surface area (Å²) >= 11 is 0. The van der Waals surface area contributed by atoms with E-state index in [1.54, 1.807) is 29.2 Å². The number of carbonyl (C=O) groups excluding carboxylic acids is 2. The molecule has 0 atom stereocenters. The van der Waals surface area contributed by atoms with Crippen LogP contribution in [0.25, 0.3) is 0 Å². The van der Waals surface area contributed by atoms with Crippen molar-refractivity contribution in [2.45, 2.75) is 26.7 Å². The second-order valence-electron chi connectivity index (χ2n) is 7.61. The number of nitrogens with one attached hydrogen (secondary N) is 2. The van der Waals surface area contributed by atoms with Crippen molar-refractivity contribution in [1.29, 1.82) is 0 Å². The molecule has 5 heteroatoms. The minimum Gasteiger partial charge on any atom is -0.376 e. The Morgan fingerprint density at radius 3 is 2.32 bits per heavy atom. The zero-order valence-electron chi connectivity index (χ0n) is 18.3. The first-order valence-corrected chi connectivity index (χ1v) is 10.6.